The molecule has 0 amide bonds. The Bertz CT molecular complexity index is 880. The highest BCUT2D eigenvalue weighted by molar-refractivity contribution is 5.71. The van der Waals surface area contributed by atoms with Crippen molar-refractivity contribution in [2.45, 2.75) is 55.4 Å². The smallest absolute Gasteiger partial charge is 0.0395 e. The lowest BCUT2D eigenvalue weighted by molar-refractivity contribution is 0.251. The molecule has 0 fully saturated rings. The van der Waals surface area contributed by atoms with Crippen molar-refractivity contribution in [1.29, 1.82) is 0 Å². The average Bonchev–Trinajstić information content (AvgIpc) is 2.50. The lowest BCUT2D eigenvalue weighted by Crippen LogP contribution is -2.48. The van der Waals surface area contributed by atoms with Crippen molar-refractivity contribution in [2.75, 3.05) is 0 Å². The fourth-order valence-corrected chi connectivity index (χ4v) is 4.67. The van der Waals surface area contributed by atoms with Crippen molar-refractivity contribution in [3.05, 3.63) is 69.9 Å². The van der Waals surface area contributed by atoms with Crippen LogP contribution in [0.4, 0.5) is 0 Å². The molecule has 134 valence electrons. The van der Waals surface area contributed by atoms with Gasteiger partial charge >= 0.3 is 0 Å². The summed E-state index contributed by atoms with van der Waals surface area (Å²) >= 11 is 0. The van der Waals surface area contributed by atoms with Crippen LogP contribution >= 0.6 is 0 Å². The largest absolute Gasteiger partial charge is 0.0654 e. The van der Waals surface area contributed by atoms with Crippen LogP contribution in [0.1, 0.15) is 55.4 Å². The van der Waals surface area contributed by atoms with Crippen LogP contribution in [0.5, 0.6) is 0 Å². The van der Waals surface area contributed by atoms with E-state index in [9.17, 15) is 0 Å². The molecule has 0 spiro atoms. The number of hydrogen-bond acceptors (Lipinski definition) is 0. The van der Waals surface area contributed by atoms with Crippen LogP contribution in [0.15, 0.2) is 69.9 Å². The van der Waals surface area contributed by atoms with Gasteiger partial charge in [0.25, 0.3) is 0 Å². The van der Waals surface area contributed by atoms with Crippen molar-refractivity contribution >= 4 is 0 Å². The third-order valence-corrected chi connectivity index (χ3v) is 6.96. The third kappa shape index (κ3) is 2.04. The van der Waals surface area contributed by atoms with E-state index in [2.05, 4.69) is 104 Å². The van der Waals surface area contributed by atoms with E-state index in [1.165, 1.54) is 33.4 Å². The van der Waals surface area contributed by atoms with E-state index in [0.29, 0.717) is 0 Å². The average molecular weight is 343 g/mol. The fourth-order valence-electron chi connectivity index (χ4n) is 4.67. The minimum Gasteiger partial charge on any atom is -0.0654 e. The molecule has 26 heavy (non-hydrogen) atoms. The summed E-state index contributed by atoms with van der Waals surface area (Å²) in [5.74, 6) is 7.10. The van der Waals surface area contributed by atoms with Crippen molar-refractivity contribution in [3.63, 3.8) is 0 Å². The summed E-state index contributed by atoms with van der Waals surface area (Å²) in [6, 6.07) is 0. The predicted molar refractivity (Wildman–Crippen MR) is 111 cm³/mol. The van der Waals surface area contributed by atoms with Crippen LogP contribution in [0.3, 0.4) is 0 Å². The van der Waals surface area contributed by atoms with Gasteiger partial charge in [0.2, 0.25) is 0 Å². The molecular weight excluding hydrogens is 312 g/mol. The summed E-state index contributed by atoms with van der Waals surface area (Å²) in [7, 11) is 0. The highest BCUT2D eigenvalue weighted by Gasteiger charge is 2.57. The Kier molecular flexibility index (Phi) is 3.24. The molecule has 0 aromatic rings. The van der Waals surface area contributed by atoms with E-state index in [1.54, 1.807) is 0 Å². The molecule has 0 heteroatoms. The van der Waals surface area contributed by atoms with E-state index >= 15 is 0 Å². The van der Waals surface area contributed by atoms with Gasteiger partial charge in [0.05, 0.1) is 0 Å². The lowest BCUT2D eigenvalue weighted by Gasteiger charge is -2.55. The summed E-state index contributed by atoms with van der Waals surface area (Å²) in [5.41, 5.74) is 8.19. The van der Waals surface area contributed by atoms with Gasteiger partial charge < -0.3 is 0 Å². The van der Waals surface area contributed by atoms with Gasteiger partial charge in [-0.05, 0) is 59.1 Å². The zero-order chi connectivity index (χ0) is 19.1. The summed E-state index contributed by atoms with van der Waals surface area (Å²) in [6.07, 6.45) is 14.2. The SMILES string of the molecule is CC(C)(C)C1=CC2=CC=C3C=C(C(C)(C)C)C=C4C#CC(=C1)[C@@]2(C)[C@]43C. The van der Waals surface area contributed by atoms with Gasteiger partial charge in [0.1, 0.15) is 0 Å². The Morgan fingerprint density at radius 1 is 0.615 bits per heavy atom. The highest BCUT2D eigenvalue weighted by atomic mass is 14.6. The molecule has 0 bridgehead atoms. The maximum absolute atomic E-state index is 3.55. The maximum atomic E-state index is 3.55. The molecule has 0 aromatic heterocycles. The van der Waals surface area contributed by atoms with Crippen molar-refractivity contribution in [2.24, 2.45) is 21.7 Å². The molecule has 2 atom stereocenters. The molecule has 0 N–H and O–H groups in total. The van der Waals surface area contributed by atoms with Crippen LogP contribution < -0.4 is 0 Å². The monoisotopic (exact) mass is 342 g/mol. The molecule has 4 aliphatic rings. The first-order valence-electron chi connectivity index (χ1n) is 9.72. The Morgan fingerprint density at radius 3 is 1.27 bits per heavy atom. The molecule has 0 saturated carbocycles. The lowest BCUT2D eigenvalue weighted by atomic mass is 9.46. The van der Waals surface area contributed by atoms with Gasteiger partial charge in [-0.25, -0.2) is 0 Å². The second-order valence-electron chi connectivity index (χ2n) is 10.6. The molecule has 0 saturated heterocycles. The van der Waals surface area contributed by atoms with Crippen LogP contribution in [-0.2, 0) is 0 Å². The molecule has 0 aliphatic heterocycles. The van der Waals surface area contributed by atoms with Crippen molar-refractivity contribution in [1.82, 2.24) is 0 Å². The van der Waals surface area contributed by atoms with E-state index in [4.69, 9.17) is 0 Å². The number of hydrogen-bond donors (Lipinski definition) is 0. The second kappa shape index (κ2) is 4.83. The predicted octanol–water partition coefficient (Wildman–Crippen LogP) is 6.71. The van der Waals surface area contributed by atoms with Crippen molar-refractivity contribution in [3.8, 4) is 11.8 Å². The first kappa shape index (κ1) is 17.4. The van der Waals surface area contributed by atoms with E-state index in [0.717, 1.165) is 0 Å². The van der Waals surface area contributed by atoms with E-state index in [1.807, 2.05) is 0 Å². The summed E-state index contributed by atoms with van der Waals surface area (Å²) < 4.78 is 0. The molecule has 4 rings (SSSR count). The fraction of sp³-hybridized carbons (Fsp3) is 0.462. The van der Waals surface area contributed by atoms with E-state index in [-0.39, 0.29) is 21.7 Å². The summed E-state index contributed by atoms with van der Waals surface area (Å²) in [6.45, 7) is 18.5. The van der Waals surface area contributed by atoms with Gasteiger partial charge in [-0.3, -0.25) is 0 Å². The number of allylic oxidation sites excluding steroid dienone is 12. The molecule has 0 heterocycles. The Morgan fingerprint density at radius 2 is 0.962 bits per heavy atom. The Balaban J connectivity index is 2.02. The van der Waals surface area contributed by atoms with Crippen LogP contribution in [0.25, 0.3) is 0 Å². The van der Waals surface area contributed by atoms with Crippen LogP contribution in [0, 0.1) is 33.5 Å². The molecule has 0 radical (unpaired) electrons. The molecule has 0 unspecified atom stereocenters. The normalized spacial score (nSPS) is 32.0. The maximum Gasteiger partial charge on any atom is 0.0395 e. The Labute approximate surface area is 159 Å². The standard InChI is InChI=1S/C26H30/c1-23(2,3)21-13-17-9-11-19-15-22(24(4,5)6)16-20-12-10-18(14-21)25(17,7)26(19,20)8/h9,11,13-16H,1-8H3/t25-,26-/m0/s1. The molecule has 0 nitrogen and oxygen atoms in total. The van der Waals surface area contributed by atoms with Gasteiger partial charge in [-0.1, -0.05) is 77.7 Å². The van der Waals surface area contributed by atoms with E-state index < -0.39 is 0 Å². The topological polar surface area (TPSA) is 0 Å². The first-order valence-corrected chi connectivity index (χ1v) is 9.72. The first-order chi connectivity index (χ1) is 11.9. The minimum absolute atomic E-state index is 0.0805. The Hall–Kier alpha value is -2.00. The minimum atomic E-state index is -0.0805. The second-order valence-corrected chi connectivity index (χ2v) is 10.6. The van der Waals surface area contributed by atoms with Gasteiger partial charge in [-0.2, -0.15) is 0 Å². The zero-order valence-electron chi connectivity index (χ0n) is 17.5. The van der Waals surface area contributed by atoms with Crippen LogP contribution in [-0.4, -0.2) is 0 Å². The molecule has 0 aromatic carbocycles. The summed E-state index contributed by atoms with van der Waals surface area (Å²) in [4.78, 5) is 0. The van der Waals surface area contributed by atoms with Crippen molar-refractivity contribution < 1.29 is 0 Å². The van der Waals surface area contributed by atoms with Crippen LogP contribution in [0.2, 0.25) is 0 Å². The summed E-state index contributed by atoms with van der Waals surface area (Å²) in [5, 5.41) is 0. The zero-order valence-corrected chi connectivity index (χ0v) is 17.5. The number of rotatable bonds is 0. The van der Waals surface area contributed by atoms with Gasteiger partial charge in [-0.15, -0.1) is 0 Å². The molecule has 4 aliphatic carbocycles. The van der Waals surface area contributed by atoms with Gasteiger partial charge in [0, 0.05) is 22.0 Å². The highest BCUT2D eigenvalue weighted by Crippen LogP contribution is 2.65. The van der Waals surface area contributed by atoms with Gasteiger partial charge in [0.15, 0.2) is 0 Å². The third-order valence-electron chi connectivity index (χ3n) is 6.96. The quantitative estimate of drug-likeness (QED) is 0.429. The molecular formula is C26H30.